The van der Waals surface area contributed by atoms with Crippen molar-refractivity contribution < 1.29 is 14.7 Å². The van der Waals surface area contributed by atoms with Crippen LogP contribution >= 0.6 is 0 Å². The summed E-state index contributed by atoms with van der Waals surface area (Å²) in [5.74, 6) is -0.755. The van der Waals surface area contributed by atoms with E-state index in [0.29, 0.717) is 25.1 Å². The molecule has 174 valence electrons. The van der Waals surface area contributed by atoms with E-state index in [1.807, 2.05) is 37.3 Å². The minimum Gasteiger partial charge on any atom is -0.480 e. The smallest absolute Gasteiger partial charge is 0.326 e. The Morgan fingerprint density at radius 1 is 1.18 bits per heavy atom. The number of rotatable bonds is 11. The first kappa shape index (κ1) is 23.7. The van der Waals surface area contributed by atoms with Gasteiger partial charge in [-0.15, -0.1) is 0 Å². The molecule has 0 saturated carbocycles. The fraction of sp³-hybridized carbons (Fsp3) is 0.304. The Balaban J connectivity index is 1.74. The summed E-state index contributed by atoms with van der Waals surface area (Å²) in [4.78, 5) is 35.8. The van der Waals surface area contributed by atoms with Gasteiger partial charge in [0, 0.05) is 31.0 Å². The van der Waals surface area contributed by atoms with Crippen LogP contribution in [-0.2, 0) is 11.3 Å². The molecule has 10 nitrogen and oxygen atoms in total. The number of imidazole rings is 1. The standard InChI is InChI=1S/C23H29N7O3/c1-14(20-26-11-12-27-20)29-13-15-8-9-18(17-6-3-2-5-16(15)17)21(31)30-19(22(32)33)7-4-10-28-23(24)25/h2-3,5-6,8-9,11-12,14,19,29H,4,7,10,13H2,1H3,(H,26,27)(H,30,31)(H,32,33)(H4,24,25,28)/t14?,19-/m0/s1. The molecule has 0 saturated heterocycles. The van der Waals surface area contributed by atoms with E-state index in [0.717, 1.165) is 22.2 Å². The number of carboxylic acid groups (broad SMARTS) is 1. The average molecular weight is 452 g/mol. The summed E-state index contributed by atoms with van der Waals surface area (Å²) in [5.41, 5.74) is 12.0. The topological polar surface area (TPSA) is 172 Å². The van der Waals surface area contributed by atoms with Gasteiger partial charge in [0.15, 0.2) is 5.96 Å². The summed E-state index contributed by atoms with van der Waals surface area (Å²) in [6.45, 7) is 2.89. The highest BCUT2D eigenvalue weighted by atomic mass is 16.4. The Kier molecular flexibility index (Phi) is 7.98. The summed E-state index contributed by atoms with van der Waals surface area (Å²) in [6, 6.07) is 10.2. The second-order valence-electron chi connectivity index (χ2n) is 7.71. The maximum absolute atomic E-state index is 13.0. The molecule has 0 bridgehead atoms. The van der Waals surface area contributed by atoms with Gasteiger partial charge in [0.05, 0.1) is 6.04 Å². The van der Waals surface area contributed by atoms with E-state index in [2.05, 4.69) is 25.6 Å². The van der Waals surface area contributed by atoms with Gasteiger partial charge in [-0.1, -0.05) is 30.3 Å². The first-order chi connectivity index (χ1) is 15.9. The molecule has 1 heterocycles. The van der Waals surface area contributed by atoms with Crippen molar-refractivity contribution in [1.29, 1.82) is 0 Å². The third-order valence-electron chi connectivity index (χ3n) is 5.34. The normalized spacial score (nSPS) is 12.8. The van der Waals surface area contributed by atoms with Crippen LogP contribution in [0.25, 0.3) is 10.8 Å². The molecule has 1 unspecified atom stereocenters. The summed E-state index contributed by atoms with van der Waals surface area (Å²) < 4.78 is 0. The molecule has 0 aliphatic rings. The summed E-state index contributed by atoms with van der Waals surface area (Å²) in [6.07, 6.45) is 4.13. The molecule has 0 aliphatic heterocycles. The van der Waals surface area contributed by atoms with E-state index in [1.165, 1.54) is 0 Å². The van der Waals surface area contributed by atoms with E-state index in [1.54, 1.807) is 18.5 Å². The lowest BCUT2D eigenvalue weighted by Gasteiger charge is -2.17. The van der Waals surface area contributed by atoms with Gasteiger partial charge in [0.1, 0.15) is 11.9 Å². The molecule has 0 fully saturated rings. The van der Waals surface area contributed by atoms with Crippen molar-refractivity contribution in [2.24, 2.45) is 16.5 Å². The van der Waals surface area contributed by atoms with Gasteiger partial charge >= 0.3 is 5.97 Å². The minimum atomic E-state index is -1.11. The van der Waals surface area contributed by atoms with Crippen molar-refractivity contribution in [2.45, 2.75) is 38.4 Å². The van der Waals surface area contributed by atoms with E-state index >= 15 is 0 Å². The number of aromatic amines is 1. The predicted octanol–water partition coefficient (Wildman–Crippen LogP) is 1.65. The molecule has 3 aromatic rings. The number of nitrogens with two attached hydrogens (primary N) is 2. The van der Waals surface area contributed by atoms with E-state index < -0.39 is 17.9 Å². The van der Waals surface area contributed by atoms with E-state index in [9.17, 15) is 14.7 Å². The number of hydrogen-bond donors (Lipinski definition) is 6. The zero-order valence-corrected chi connectivity index (χ0v) is 18.4. The Bertz CT molecular complexity index is 1120. The molecule has 0 radical (unpaired) electrons. The molecular weight excluding hydrogens is 422 g/mol. The molecule has 10 heteroatoms. The van der Waals surface area contributed by atoms with Gasteiger partial charge in [-0.2, -0.15) is 0 Å². The van der Waals surface area contributed by atoms with Gasteiger partial charge in [0.2, 0.25) is 0 Å². The number of aliphatic imine (C=N–C) groups is 1. The van der Waals surface area contributed by atoms with Crippen LogP contribution < -0.4 is 22.1 Å². The first-order valence-electron chi connectivity index (χ1n) is 10.7. The van der Waals surface area contributed by atoms with Gasteiger partial charge in [-0.3, -0.25) is 9.79 Å². The second kappa shape index (κ2) is 11.1. The Hall–Kier alpha value is -3.92. The van der Waals surface area contributed by atoms with Crippen LogP contribution in [0.3, 0.4) is 0 Å². The van der Waals surface area contributed by atoms with Gasteiger partial charge in [-0.25, -0.2) is 9.78 Å². The highest BCUT2D eigenvalue weighted by molar-refractivity contribution is 6.08. The Morgan fingerprint density at radius 3 is 2.61 bits per heavy atom. The van der Waals surface area contributed by atoms with Crippen molar-refractivity contribution in [3.05, 3.63) is 65.7 Å². The fourth-order valence-corrected chi connectivity index (χ4v) is 3.58. The SMILES string of the molecule is CC(NCc1ccc(C(=O)N[C@@H](CCCN=C(N)N)C(=O)O)c2ccccc12)c1ncc[nH]1. The fourth-order valence-electron chi connectivity index (χ4n) is 3.58. The number of fused-ring (bicyclic) bond motifs is 1. The van der Waals surface area contributed by atoms with Crippen molar-refractivity contribution >= 4 is 28.6 Å². The van der Waals surface area contributed by atoms with Gasteiger partial charge in [0.25, 0.3) is 5.91 Å². The quantitative estimate of drug-likeness (QED) is 0.146. The number of hydrogen-bond acceptors (Lipinski definition) is 5. The number of benzene rings is 2. The highest BCUT2D eigenvalue weighted by Gasteiger charge is 2.22. The largest absolute Gasteiger partial charge is 0.480 e. The number of carbonyl (C=O) groups excluding carboxylic acids is 1. The summed E-state index contributed by atoms with van der Waals surface area (Å²) >= 11 is 0. The van der Waals surface area contributed by atoms with E-state index in [-0.39, 0.29) is 18.4 Å². The molecule has 1 amide bonds. The number of nitrogens with zero attached hydrogens (tertiary/aromatic N) is 2. The van der Waals surface area contributed by atoms with Gasteiger partial charge < -0.3 is 32.2 Å². The van der Waals surface area contributed by atoms with Crippen molar-refractivity contribution in [1.82, 2.24) is 20.6 Å². The van der Waals surface area contributed by atoms with Crippen LogP contribution in [0.4, 0.5) is 0 Å². The molecular formula is C23H29N7O3. The molecule has 0 spiro atoms. The lowest BCUT2D eigenvalue weighted by atomic mass is 9.98. The predicted molar refractivity (Wildman–Crippen MR) is 127 cm³/mol. The first-order valence-corrected chi connectivity index (χ1v) is 10.7. The van der Waals surface area contributed by atoms with Crippen LogP contribution in [0.2, 0.25) is 0 Å². The lowest BCUT2D eigenvalue weighted by Crippen LogP contribution is -2.41. The second-order valence-corrected chi connectivity index (χ2v) is 7.71. The average Bonchev–Trinajstić information content (AvgIpc) is 3.34. The Labute approximate surface area is 191 Å². The van der Waals surface area contributed by atoms with Crippen LogP contribution in [0, 0.1) is 0 Å². The van der Waals surface area contributed by atoms with Gasteiger partial charge in [-0.05, 0) is 42.2 Å². The minimum absolute atomic E-state index is 0.0250. The van der Waals surface area contributed by atoms with Crippen LogP contribution in [0.5, 0.6) is 0 Å². The van der Waals surface area contributed by atoms with E-state index in [4.69, 9.17) is 11.5 Å². The van der Waals surface area contributed by atoms with Crippen molar-refractivity contribution in [3.63, 3.8) is 0 Å². The zero-order valence-electron chi connectivity index (χ0n) is 18.4. The Morgan fingerprint density at radius 2 is 1.94 bits per heavy atom. The number of aliphatic carboxylic acids is 1. The molecule has 33 heavy (non-hydrogen) atoms. The molecule has 8 N–H and O–H groups in total. The molecule has 2 aromatic carbocycles. The van der Waals surface area contributed by atoms with Crippen molar-refractivity contribution in [3.8, 4) is 0 Å². The monoisotopic (exact) mass is 451 g/mol. The lowest BCUT2D eigenvalue weighted by molar-refractivity contribution is -0.139. The number of carboxylic acids is 1. The number of H-pyrrole nitrogens is 1. The molecule has 2 atom stereocenters. The summed E-state index contributed by atoms with van der Waals surface area (Å²) in [5, 5.41) is 17.2. The highest BCUT2D eigenvalue weighted by Crippen LogP contribution is 2.24. The van der Waals surface area contributed by atoms with Crippen LogP contribution in [-0.4, -0.2) is 45.5 Å². The zero-order chi connectivity index (χ0) is 23.8. The molecule has 0 aliphatic carbocycles. The number of nitrogens with one attached hydrogen (secondary N) is 3. The third kappa shape index (κ3) is 6.30. The summed E-state index contributed by atoms with van der Waals surface area (Å²) in [7, 11) is 0. The maximum atomic E-state index is 13.0. The van der Waals surface area contributed by atoms with Crippen LogP contribution in [0.1, 0.15) is 47.6 Å². The molecule has 3 rings (SSSR count). The number of guanidine groups is 1. The maximum Gasteiger partial charge on any atom is 0.326 e. The number of aromatic nitrogens is 2. The van der Waals surface area contributed by atoms with Crippen LogP contribution in [0.15, 0.2) is 53.8 Å². The molecule has 1 aromatic heterocycles. The number of amides is 1. The third-order valence-corrected chi connectivity index (χ3v) is 5.34. The number of carbonyl (C=O) groups is 2. The van der Waals surface area contributed by atoms with Crippen molar-refractivity contribution in [2.75, 3.05) is 6.54 Å².